The third kappa shape index (κ3) is 3.47. The number of amides is 1. The van der Waals surface area contributed by atoms with Crippen LogP contribution in [0.1, 0.15) is 29.6 Å². The van der Waals surface area contributed by atoms with Crippen molar-refractivity contribution >= 4 is 17.3 Å². The van der Waals surface area contributed by atoms with E-state index in [9.17, 15) is 4.79 Å². The van der Waals surface area contributed by atoms with E-state index in [1.54, 1.807) is 17.1 Å². The first-order valence-electron chi connectivity index (χ1n) is 9.07. The molecule has 1 aliphatic heterocycles. The van der Waals surface area contributed by atoms with Crippen LogP contribution >= 0.6 is 0 Å². The lowest BCUT2D eigenvalue weighted by atomic mass is 10.1. The quantitative estimate of drug-likeness (QED) is 0.773. The fourth-order valence-electron chi connectivity index (χ4n) is 3.35. The molecule has 26 heavy (non-hydrogen) atoms. The maximum absolute atomic E-state index is 12.7. The second-order valence-electron chi connectivity index (χ2n) is 6.53. The minimum atomic E-state index is -0.142. The maximum atomic E-state index is 12.7. The average molecular weight is 346 g/mol. The van der Waals surface area contributed by atoms with E-state index < -0.39 is 0 Å². The molecular formula is C21H22N4O. The van der Waals surface area contributed by atoms with E-state index in [-0.39, 0.29) is 5.91 Å². The van der Waals surface area contributed by atoms with Crippen LogP contribution in [0, 0.1) is 0 Å². The molecule has 0 radical (unpaired) electrons. The molecule has 3 aromatic rings. The third-order valence-electron chi connectivity index (χ3n) is 4.71. The Morgan fingerprint density at radius 2 is 1.65 bits per heavy atom. The molecule has 1 N–H and O–H groups in total. The predicted molar refractivity (Wildman–Crippen MR) is 104 cm³/mol. The molecule has 1 fully saturated rings. The zero-order valence-corrected chi connectivity index (χ0v) is 14.6. The molecule has 2 heterocycles. The van der Waals surface area contributed by atoms with Crippen molar-refractivity contribution in [1.29, 1.82) is 0 Å². The Hall–Kier alpha value is -3.08. The molecule has 0 atom stereocenters. The normalized spacial score (nSPS) is 14.2. The van der Waals surface area contributed by atoms with Crippen LogP contribution in [-0.4, -0.2) is 28.8 Å². The zero-order valence-electron chi connectivity index (χ0n) is 14.6. The number of para-hydroxylation sites is 3. The number of nitrogens with one attached hydrogen (secondary N) is 1. The molecule has 0 spiro atoms. The van der Waals surface area contributed by atoms with Gasteiger partial charge in [-0.15, -0.1) is 0 Å². The van der Waals surface area contributed by atoms with Crippen molar-refractivity contribution in [3.05, 3.63) is 72.6 Å². The summed E-state index contributed by atoms with van der Waals surface area (Å²) in [5.74, 6) is -0.142. The number of piperidine rings is 1. The highest BCUT2D eigenvalue weighted by Gasteiger charge is 2.16. The summed E-state index contributed by atoms with van der Waals surface area (Å²) in [5, 5.41) is 7.36. The van der Waals surface area contributed by atoms with Gasteiger partial charge in [-0.25, -0.2) is 4.68 Å². The summed E-state index contributed by atoms with van der Waals surface area (Å²) in [6.45, 7) is 2.08. The fraction of sp³-hybridized carbons (Fsp3) is 0.238. The summed E-state index contributed by atoms with van der Waals surface area (Å²) in [7, 11) is 0. The smallest absolute Gasteiger partial charge is 0.258 e. The van der Waals surface area contributed by atoms with Gasteiger partial charge in [0.05, 0.1) is 28.8 Å². The third-order valence-corrected chi connectivity index (χ3v) is 4.71. The van der Waals surface area contributed by atoms with Crippen LogP contribution in [0.25, 0.3) is 5.69 Å². The van der Waals surface area contributed by atoms with Crippen molar-refractivity contribution in [1.82, 2.24) is 9.78 Å². The molecule has 4 rings (SSSR count). The highest BCUT2D eigenvalue weighted by atomic mass is 16.1. The molecule has 0 saturated carbocycles. The Bertz CT molecular complexity index is 882. The summed E-state index contributed by atoms with van der Waals surface area (Å²) in [4.78, 5) is 15.1. The van der Waals surface area contributed by atoms with Gasteiger partial charge in [-0.1, -0.05) is 30.3 Å². The highest BCUT2D eigenvalue weighted by Crippen LogP contribution is 2.28. The Labute approximate surface area is 153 Å². The largest absolute Gasteiger partial charge is 0.370 e. The highest BCUT2D eigenvalue weighted by molar-refractivity contribution is 6.05. The Balaban J connectivity index is 1.53. The van der Waals surface area contributed by atoms with Crippen LogP contribution < -0.4 is 10.2 Å². The lowest BCUT2D eigenvalue weighted by molar-refractivity contribution is 0.102. The number of hydrogen-bond donors (Lipinski definition) is 1. The lowest BCUT2D eigenvalue weighted by Crippen LogP contribution is -2.30. The number of carbonyl (C=O) groups is 1. The zero-order chi connectivity index (χ0) is 17.8. The van der Waals surface area contributed by atoms with E-state index in [2.05, 4.69) is 21.4 Å². The molecule has 1 aromatic heterocycles. The van der Waals surface area contributed by atoms with Crippen molar-refractivity contribution in [2.75, 3.05) is 23.3 Å². The van der Waals surface area contributed by atoms with E-state index >= 15 is 0 Å². The number of nitrogens with zero attached hydrogens (tertiary/aromatic N) is 3. The van der Waals surface area contributed by atoms with Crippen molar-refractivity contribution in [3.63, 3.8) is 0 Å². The van der Waals surface area contributed by atoms with Crippen LogP contribution in [0.3, 0.4) is 0 Å². The van der Waals surface area contributed by atoms with Crippen LogP contribution in [0.2, 0.25) is 0 Å². The van der Waals surface area contributed by atoms with Crippen molar-refractivity contribution < 1.29 is 4.79 Å². The molecule has 1 amide bonds. The molecule has 0 unspecified atom stereocenters. The van der Waals surface area contributed by atoms with Gasteiger partial charge < -0.3 is 10.2 Å². The van der Waals surface area contributed by atoms with Crippen LogP contribution in [0.5, 0.6) is 0 Å². The number of carbonyl (C=O) groups excluding carboxylic acids is 1. The van der Waals surface area contributed by atoms with Crippen LogP contribution in [0.15, 0.2) is 67.0 Å². The van der Waals surface area contributed by atoms with Crippen molar-refractivity contribution in [2.45, 2.75) is 19.3 Å². The molecule has 1 saturated heterocycles. The molecule has 1 aliphatic rings. The van der Waals surface area contributed by atoms with Gasteiger partial charge in [0.1, 0.15) is 0 Å². The van der Waals surface area contributed by atoms with Crippen molar-refractivity contribution in [3.8, 4) is 5.69 Å². The Morgan fingerprint density at radius 1 is 0.923 bits per heavy atom. The summed E-state index contributed by atoms with van der Waals surface area (Å²) < 4.78 is 1.71. The number of anilines is 2. The number of aromatic nitrogens is 2. The van der Waals surface area contributed by atoms with E-state index in [1.165, 1.54) is 19.3 Å². The van der Waals surface area contributed by atoms with E-state index in [0.717, 1.165) is 30.2 Å². The van der Waals surface area contributed by atoms with Gasteiger partial charge in [-0.3, -0.25) is 4.79 Å². The topological polar surface area (TPSA) is 50.2 Å². The van der Waals surface area contributed by atoms with Gasteiger partial charge >= 0.3 is 0 Å². The summed E-state index contributed by atoms with van der Waals surface area (Å²) >= 11 is 0. The first-order valence-corrected chi connectivity index (χ1v) is 9.07. The summed E-state index contributed by atoms with van der Waals surface area (Å²) in [6.07, 6.45) is 7.04. The van der Waals surface area contributed by atoms with E-state index in [0.29, 0.717) is 5.56 Å². The minimum Gasteiger partial charge on any atom is -0.370 e. The van der Waals surface area contributed by atoms with Crippen LogP contribution in [-0.2, 0) is 0 Å². The SMILES string of the molecule is O=C(Nc1ccccc1N1CCCCC1)c1cnn(-c2ccccc2)c1. The number of hydrogen-bond acceptors (Lipinski definition) is 3. The standard InChI is InChI=1S/C21H22N4O/c26-21(17-15-22-25(16-17)18-9-3-1-4-10-18)23-19-11-5-6-12-20(19)24-13-7-2-8-14-24/h1,3-6,9-12,15-16H,2,7-8,13-14H2,(H,23,26). The Morgan fingerprint density at radius 3 is 2.46 bits per heavy atom. The summed E-state index contributed by atoms with van der Waals surface area (Å²) in [6, 6.07) is 17.8. The lowest BCUT2D eigenvalue weighted by Gasteiger charge is -2.30. The molecule has 5 nitrogen and oxygen atoms in total. The number of benzene rings is 2. The van der Waals surface area contributed by atoms with Gasteiger partial charge in [-0.2, -0.15) is 5.10 Å². The summed E-state index contributed by atoms with van der Waals surface area (Å²) in [5.41, 5.74) is 3.42. The molecule has 132 valence electrons. The maximum Gasteiger partial charge on any atom is 0.258 e. The van der Waals surface area contributed by atoms with E-state index in [4.69, 9.17) is 0 Å². The second-order valence-corrected chi connectivity index (χ2v) is 6.53. The first kappa shape index (κ1) is 16.4. The molecule has 0 bridgehead atoms. The minimum absolute atomic E-state index is 0.142. The molecular weight excluding hydrogens is 324 g/mol. The van der Waals surface area contributed by atoms with Crippen molar-refractivity contribution in [2.24, 2.45) is 0 Å². The van der Waals surface area contributed by atoms with Gasteiger partial charge in [0, 0.05) is 19.3 Å². The van der Waals surface area contributed by atoms with Crippen LogP contribution in [0.4, 0.5) is 11.4 Å². The van der Waals surface area contributed by atoms with Gasteiger partial charge in [0.2, 0.25) is 0 Å². The molecule has 2 aromatic carbocycles. The van der Waals surface area contributed by atoms with E-state index in [1.807, 2.05) is 48.5 Å². The first-order chi connectivity index (χ1) is 12.8. The molecule has 5 heteroatoms. The second kappa shape index (κ2) is 7.44. The monoisotopic (exact) mass is 346 g/mol. The van der Waals surface area contributed by atoms with Gasteiger partial charge in [0.15, 0.2) is 0 Å². The van der Waals surface area contributed by atoms with Gasteiger partial charge in [-0.05, 0) is 43.5 Å². The average Bonchev–Trinajstić information content (AvgIpc) is 3.20. The van der Waals surface area contributed by atoms with Gasteiger partial charge in [0.25, 0.3) is 5.91 Å². The fourth-order valence-corrected chi connectivity index (χ4v) is 3.35. The Kier molecular flexibility index (Phi) is 4.69. The predicted octanol–water partition coefficient (Wildman–Crippen LogP) is 4.11. The number of rotatable bonds is 4. The molecule has 0 aliphatic carbocycles.